The Bertz CT molecular complexity index is 317. The van der Waals surface area contributed by atoms with Crippen molar-refractivity contribution in [3.63, 3.8) is 0 Å². The quantitative estimate of drug-likeness (QED) is 0.577. The maximum absolute atomic E-state index is 4.32. The zero-order valence-electron chi connectivity index (χ0n) is 13.6. The van der Waals surface area contributed by atoms with Gasteiger partial charge < -0.3 is 20.4 Å². The molecule has 1 atom stereocenters. The molecule has 5 nitrogen and oxygen atoms in total. The number of hydrogen-bond donors (Lipinski definition) is 2. The lowest BCUT2D eigenvalue weighted by Gasteiger charge is -2.21. The largest absolute Gasteiger partial charge is 0.355 e. The van der Waals surface area contributed by atoms with Crippen LogP contribution in [0.3, 0.4) is 0 Å². The number of likely N-dealkylation sites (N-methyl/N-ethyl adjacent to an activating group) is 1. The van der Waals surface area contributed by atoms with E-state index in [-0.39, 0.29) is 0 Å². The standard InChI is InChI=1S/C15H31N5S/c1-16-15(18-13-14-5-3-12-21-14)17-6-9-20-8-4-7-19(2)10-11-20/h14H,3-13H2,1-2H3,(H2,16,17,18). The van der Waals surface area contributed by atoms with Crippen LogP contribution in [0.2, 0.25) is 0 Å². The molecule has 21 heavy (non-hydrogen) atoms. The Morgan fingerprint density at radius 2 is 2.10 bits per heavy atom. The van der Waals surface area contributed by atoms with Gasteiger partial charge >= 0.3 is 0 Å². The predicted molar refractivity (Wildman–Crippen MR) is 93.4 cm³/mol. The van der Waals surface area contributed by atoms with E-state index in [0.717, 1.165) is 30.8 Å². The fourth-order valence-corrected chi connectivity index (χ4v) is 4.09. The van der Waals surface area contributed by atoms with E-state index in [4.69, 9.17) is 0 Å². The number of guanidine groups is 1. The minimum Gasteiger partial charge on any atom is -0.355 e. The summed E-state index contributed by atoms with van der Waals surface area (Å²) in [4.78, 5) is 9.30. The molecule has 2 heterocycles. The molecule has 0 spiro atoms. The minimum absolute atomic E-state index is 0.768. The van der Waals surface area contributed by atoms with Gasteiger partial charge in [0.15, 0.2) is 5.96 Å². The molecule has 0 aromatic carbocycles. The van der Waals surface area contributed by atoms with Gasteiger partial charge in [-0.3, -0.25) is 4.99 Å². The van der Waals surface area contributed by atoms with Crippen molar-refractivity contribution in [3.05, 3.63) is 0 Å². The summed E-state index contributed by atoms with van der Waals surface area (Å²) in [5.41, 5.74) is 0. The van der Waals surface area contributed by atoms with Crippen molar-refractivity contribution in [2.75, 3.05) is 65.7 Å². The Labute approximate surface area is 133 Å². The lowest BCUT2D eigenvalue weighted by atomic mass is 10.2. The Hall–Kier alpha value is -0.460. The number of nitrogens with zero attached hydrogens (tertiary/aromatic N) is 3. The fraction of sp³-hybridized carbons (Fsp3) is 0.933. The van der Waals surface area contributed by atoms with Crippen molar-refractivity contribution >= 4 is 17.7 Å². The number of rotatable bonds is 5. The average molecular weight is 314 g/mol. The van der Waals surface area contributed by atoms with Crippen LogP contribution in [0.25, 0.3) is 0 Å². The first kappa shape index (κ1) is 16.9. The average Bonchev–Trinajstić information content (AvgIpc) is 2.92. The number of aliphatic imine (C=N–C) groups is 1. The second kappa shape index (κ2) is 9.54. The fourth-order valence-electron chi connectivity index (χ4n) is 2.89. The molecule has 0 aromatic rings. The molecule has 2 aliphatic rings. The molecular formula is C15H31N5S. The molecule has 2 rings (SSSR count). The summed E-state index contributed by atoms with van der Waals surface area (Å²) < 4.78 is 0. The molecule has 0 radical (unpaired) electrons. The highest BCUT2D eigenvalue weighted by Crippen LogP contribution is 2.25. The van der Waals surface area contributed by atoms with E-state index >= 15 is 0 Å². The van der Waals surface area contributed by atoms with E-state index in [2.05, 4.69) is 44.2 Å². The molecule has 2 aliphatic heterocycles. The topological polar surface area (TPSA) is 42.9 Å². The Morgan fingerprint density at radius 3 is 2.86 bits per heavy atom. The van der Waals surface area contributed by atoms with Crippen molar-refractivity contribution in [1.29, 1.82) is 0 Å². The molecule has 0 saturated carbocycles. The van der Waals surface area contributed by atoms with Crippen LogP contribution < -0.4 is 10.6 Å². The highest BCUT2D eigenvalue weighted by atomic mass is 32.2. The molecule has 0 aliphatic carbocycles. The zero-order chi connectivity index (χ0) is 14.9. The van der Waals surface area contributed by atoms with Crippen LogP contribution in [-0.2, 0) is 0 Å². The van der Waals surface area contributed by atoms with Gasteiger partial charge in [-0.1, -0.05) is 0 Å². The third-order valence-corrected chi connectivity index (χ3v) is 5.68. The maximum Gasteiger partial charge on any atom is 0.191 e. The second-order valence-electron chi connectivity index (χ2n) is 6.01. The lowest BCUT2D eigenvalue weighted by molar-refractivity contribution is 0.280. The summed E-state index contributed by atoms with van der Waals surface area (Å²) in [5.74, 6) is 2.27. The zero-order valence-corrected chi connectivity index (χ0v) is 14.4. The van der Waals surface area contributed by atoms with E-state index in [1.807, 2.05) is 7.05 Å². The van der Waals surface area contributed by atoms with Crippen molar-refractivity contribution in [3.8, 4) is 0 Å². The van der Waals surface area contributed by atoms with Gasteiger partial charge in [0.25, 0.3) is 0 Å². The van der Waals surface area contributed by atoms with Gasteiger partial charge in [0.2, 0.25) is 0 Å². The van der Waals surface area contributed by atoms with Crippen molar-refractivity contribution in [1.82, 2.24) is 20.4 Å². The normalized spacial score (nSPS) is 25.8. The number of nitrogens with one attached hydrogen (secondary N) is 2. The first-order valence-corrected chi connectivity index (χ1v) is 9.30. The van der Waals surface area contributed by atoms with Gasteiger partial charge in [0.1, 0.15) is 0 Å². The van der Waals surface area contributed by atoms with Gasteiger partial charge in [-0.25, -0.2) is 0 Å². The highest BCUT2D eigenvalue weighted by Gasteiger charge is 2.15. The third-order valence-electron chi connectivity index (χ3n) is 4.28. The Balaban J connectivity index is 1.59. The molecular weight excluding hydrogens is 282 g/mol. The lowest BCUT2D eigenvalue weighted by Crippen LogP contribution is -2.43. The minimum atomic E-state index is 0.768. The first-order chi connectivity index (χ1) is 10.3. The van der Waals surface area contributed by atoms with Crippen LogP contribution in [0.15, 0.2) is 4.99 Å². The van der Waals surface area contributed by atoms with E-state index in [0.29, 0.717) is 0 Å². The first-order valence-electron chi connectivity index (χ1n) is 8.25. The smallest absolute Gasteiger partial charge is 0.191 e. The van der Waals surface area contributed by atoms with Gasteiger partial charge in [0.05, 0.1) is 0 Å². The van der Waals surface area contributed by atoms with Crippen LogP contribution in [0.1, 0.15) is 19.3 Å². The van der Waals surface area contributed by atoms with Gasteiger partial charge in [-0.2, -0.15) is 11.8 Å². The monoisotopic (exact) mass is 313 g/mol. The van der Waals surface area contributed by atoms with Crippen molar-refractivity contribution in [2.24, 2.45) is 4.99 Å². The number of thioether (sulfide) groups is 1. The van der Waals surface area contributed by atoms with Gasteiger partial charge in [-0.15, -0.1) is 0 Å². The van der Waals surface area contributed by atoms with E-state index < -0.39 is 0 Å². The van der Waals surface area contributed by atoms with E-state index in [1.54, 1.807) is 0 Å². The Morgan fingerprint density at radius 1 is 1.19 bits per heavy atom. The summed E-state index contributed by atoms with van der Waals surface area (Å²) >= 11 is 2.09. The molecule has 0 aromatic heterocycles. The van der Waals surface area contributed by atoms with Gasteiger partial charge in [-0.05, 0) is 45.2 Å². The molecule has 2 saturated heterocycles. The van der Waals surface area contributed by atoms with Crippen molar-refractivity contribution < 1.29 is 0 Å². The summed E-state index contributed by atoms with van der Waals surface area (Å²) in [5, 5.41) is 7.67. The van der Waals surface area contributed by atoms with Crippen LogP contribution in [-0.4, -0.2) is 86.7 Å². The summed E-state index contributed by atoms with van der Waals surface area (Å²) in [6.07, 6.45) is 3.99. The third kappa shape index (κ3) is 6.45. The van der Waals surface area contributed by atoms with E-state index in [1.165, 1.54) is 51.2 Å². The second-order valence-corrected chi connectivity index (χ2v) is 7.42. The molecule has 2 N–H and O–H groups in total. The molecule has 0 bridgehead atoms. The van der Waals surface area contributed by atoms with Crippen LogP contribution in [0.5, 0.6) is 0 Å². The Kier molecular flexibility index (Phi) is 7.68. The predicted octanol–water partition coefficient (Wildman–Crippen LogP) is 0.685. The summed E-state index contributed by atoms with van der Waals surface area (Å²) in [6, 6.07) is 0. The molecule has 0 amide bonds. The SMILES string of the molecule is CN=C(NCCN1CCCN(C)CC1)NCC1CCCS1. The van der Waals surface area contributed by atoms with Gasteiger partial charge in [0, 0.05) is 45.0 Å². The highest BCUT2D eigenvalue weighted by molar-refractivity contribution is 8.00. The van der Waals surface area contributed by atoms with Crippen LogP contribution in [0.4, 0.5) is 0 Å². The van der Waals surface area contributed by atoms with E-state index in [9.17, 15) is 0 Å². The van der Waals surface area contributed by atoms with Crippen LogP contribution in [0, 0.1) is 0 Å². The molecule has 2 fully saturated rings. The maximum atomic E-state index is 4.32. The van der Waals surface area contributed by atoms with Crippen molar-refractivity contribution in [2.45, 2.75) is 24.5 Å². The molecule has 122 valence electrons. The summed E-state index contributed by atoms with van der Waals surface area (Å²) in [7, 11) is 4.08. The number of hydrogen-bond acceptors (Lipinski definition) is 4. The molecule has 1 unspecified atom stereocenters. The molecule has 6 heteroatoms. The summed E-state index contributed by atoms with van der Waals surface area (Å²) in [6.45, 7) is 7.94. The van der Waals surface area contributed by atoms with Crippen LogP contribution >= 0.6 is 11.8 Å².